The molecule has 1 rings (SSSR count). The summed E-state index contributed by atoms with van der Waals surface area (Å²) in [6, 6.07) is 0. The van der Waals surface area contributed by atoms with Gasteiger partial charge in [0.25, 0.3) is 0 Å². The van der Waals surface area contributed by atoms with Crippen LogP contribution in [0.15, 0.2) is 37.0 Å². The van der Waals surface area contributed by atoms with Crippen LogP contribution in [0.5, 0.6) is 0 Å². The first-order valence-corrected chi connectivity index (χ1v) is 26.0. The third kappa shape index (κ3) is 34.9. The summed E-state index contributed by atoms with van der Waals surface area (Å²) in [5.74, 6) is -0.851. The van der Waals surface area contributed by atoms with Crippen LogP contribution < -0.4 is 0 Å². The summed E-state index contributed by atoms with van der Waals surface area (Å²) >= 11 is 0. The van der Waals surface area contributed by atoms with E-state index in [1.165, 1.54) is 148 Å². The van der Waals surface area contributed by atoms with Gasteiger partial charge in [-0.15, -0.1) is 6.58 Å². The summed E-state index contributed by atoms with van der Waals surface area (Å²) in [6.45, 7) is 4.94. The van der Waals surface area contributed by atoms with Crippen molar-refractivity contribution < 1.29 is 49.0 Å². The van der Waals surface area contributed by atoms with E-state index in [2.05, 4.69) is 37.8 Å². The molecule has 6 atom stereocenters. The van der Waals surface area contributed by atoms with Crippen LogP contribution in [0.2, 0.25) is 0 Å². The van der Waals surface area contributed by atoms with Crippen LogP contribution in [-0.2, 0) is 28.5 Å². The van der Waals surface area contributed by atoms with E-state index in [1.54, 1.807) is 0 Å². The number of unbranched alkanes of at least 4 members (excludes halogenated alkanes) is 29. The van der Waals surface area contributed by atoms with Crippen LogP contribution in [-0.4, -0.2) is 89.0 Å². The summed E-state index contributed by atoms with van der Waals surface area (Å²) in [5, 5.41) is 40.2. The third-order valence-corrected chi connectivity index (χ3v) is 12.1. The second kappa shape index (κ2) is 43.8. The van der Waals surface area contributed by atoms with Gasteiger partial charge in [0.1, 0.15) is 31.0 Å². The molecule has 1 heterocycles. The van der Waals surface area contributed by atoms with E-state index in [1.807, 2.05) is 6.08 Å². The molecule has 0 bridgehead atoms. The lowest BCUT2D eigenvalue weighted by molar-refractivity contribution is -0.305. The van der Waals surface area contributed by atoms with Crippen LogP contribution >= 0.6 is 0 Å². The molecule has 4 N–H and O–H groups in total. The Balaban J connectivity index is 2.26. The Hall–Kier alpha value is -2.08. The van der Waals surface area contributed by atoms with Crippen molar-refractivity contribution in [1.29, 1.82) is 0 Å². The Kier molecular flexibility index (Phi) is 41.0. The van der Waals surface area contributed by atoms with E-state index in [0.717, 1.165) is 57.8 Å². The summed E-state index contributed by atoms with van der Waals surface area (Å²) < 4.78 is 22.2. The predicted octanol–water partition coefficient (Wildman–Crippen LogP) is 12.2. The first kappa shape index (κ1) is 58.9. The van der Waals surface area contributed by atoms with Gasteiger partial charge in [-0.25, -0.2) is 0 Å². The third-order valence-electron chi connectivity index (χ3n) is 12.1. The van der Waals surface area contributed by atoms with Gasteiger partial charge in [-0.1, -0.05) is 191 Å². The van der Waals surface area contributed by atoms with Gasteiger partial charge in [0.15, 0.2) is 12.4 Å². The van der Waals surface area contributed by atoms with E-state index >= 15 is 0 Å². The minimum absolute atomic E-state index is 0.171. The number of carbonyl (C=O) groups is 2. The van der Waals surface area contributed by atoms with Gasteiger partial charge >= 0.3 is 11.9 Å². The first-order chi connectivity index (χ1) is 30.8. The Morgan fingerprint density at radius 3 is 1.44 bits per heavy atom. The highest BCUT2D eigenvalue weighted by Gasteiger charge is 2.44. The number of aliphatic hydroxyl groups is 4. The molecule has 0 spiro atoms. The molecule has 368 valence electrons. The Morgan fingerprint density at radius 1 is 0.524 bits per heavy atom. The maximum Gasteiger partial charge on any atom is 0.306 e. The zero-order valence-electron chi connectivity index (χ0n) is 40.2. The fourth-order valence-electron chi connectivity index (χ4n) is 8.01. The molecule has 0 aromatic rings. The lowest BCUT2D eigenvalue weighted by Crippen LogP contribution is -2.59. The predicted molar refractivity (Wildman–Crippen MR) is 256 cm³/mol. The molecule has 63 heavy (non-hydrogen) atoms. The van der Waals surface area contributed by atoms with E-state index in [4.69, 9.17) is 18.9 Å². The molecule has 1 saturated heterocycles. The highest BCUT2D eigenvalue weighted by Crippen LogP contribution is 2.23. The molecule has 0 aliphatic carbocycles. The van der Waals surface area contributed by atoms with Gasteiger partial charge < -0.3 is 39.4 Å². The molecule has 2 unspecified atom stereocenters. The summed E-state index contributed by atoms with van der Waals surface area (Å²) in [4.78, 5) is 25.4. The molecule has 1 aliphatic heterocycles. The molecule has 0 aromatic heterocycles. The number of esters is 2. The fourth-order valence-corrected chi connectivity index (χ4v) is 8.01. The van der Waals surface area contributed by atoms with Crippen molar-refractivity contribution in [1.82, 2.24) is 0 Å². The highest BCUT2D eigenvalue weighted by molar-refractivity contribution is 5.70. The van der Waals surface area contributed by atoms with Crippen molar-refractivity contribution in [2.75, 3.05) is 19.8 Å². The minimum Gasteiger partial charge on any atom is -0.462 e. The monoisotopic (exact) mass is 893 g/mol. The van der Waals surface area contributed by atoms with Gasteiger partial charge in [-0.05, 0) is 57.8 Å². The molecule has 10 heteroatoms. The molecule has 1 fully saturated rings. The number of aliphatic hydroxyl groups excluding tert-OH is 4. The van der Waals surface area contributed by atoms with Crippen LogP contribution in [0.3, 0.4) is 0 Å². The van der Waals surface area contributed by atoms with Crippen LogP contribution in [0.25, 0.3) is 0 Å². The summed E-state index contributed by atoms with van der Waals surface area (Å²) in [5.41, 5.74) is 0. The van der Waals surface area contributed by atoms with Crippen molar-refractivity contribution in [3.63, 3.8) is 0 Å². The summed E-state index contributed by atoms with van der Waals surface area (Å²) in [7, 11) is 0. The highest BCUT2D eigenvalue weighted by atomic mass is 16.7. The Morgan fingerprint density at radius 2 is 0.952 bits per heavy atom. The first-order valence-electron chi connectivity index (χ1n) is 26.0. The number of allylic oxidation sites excluding steroid dienone is 5. The number of ether oxygens (including phenoxy) is 4. The van der Waals surface area contributed by atoms with E-state index in [-0.39, 0.29) is 32.0 Å². The van der Waals surface area contributed by atoms with Gasteiger partial charge in [0.2, 0.25) is 0 Å². The molecular weight excluding hydrogens is 797 g/mol. The maximum atomic E-state index is 12.8. The van der Waals surface area contributed by atoms with Crippen LogP contribution in [0, 0.1) is 0 Å². The topological polar surface area (TPSA) is 152 Å². The smallest absolute Gasteiger partial charge is 0.306 e. The molecule has 0 amide bonds. The van der Waals surface area contributed by atoms with Crippen LogP contribution in [0.4, 0.5) is 0 Å². The van der Waals surface area contributed by atoms with E-state index < -0.39 is 49.4 Å². The average molecular weight is 893 g/mol. The van der Waals surface area contributed by atoms with Gasteiger partial charge in [-0.3, -0.25) is 9.59 Å². The Bertz CT molecular complexity index is 1110. The lowest BCUT2D eigenvalue weighted by atomic mass is 9.99. The van der Waals surface area contributed by atoms with Crippen molar-refractivity contribution in [2.24, 2.45) is 0 Å². The zero-order valence-corrected chi connectivity index (χ0v) is 40.2. The van der Waals surface area contributed by atoms with Crippen molar-refractivity contribution >= 4 is 11.9 Å². The van der Waals surface area contributed by atoms with Gasteiger partial charge in [0, 0.05) is 12.8 Å². The van der Waals surface area contributed by atoms with E-state index in [9.17, 15) is 30.0 Å². The second-order valence-corrected chi connectivity index (χ2v) is 18.0. The zero-order chi connectivity index (χ0) is 45.9. The van der Waals surface area contributed by atoms with Gasteiger partial charge in [0.05, 0.1) is 13.2 Å². The minimum atomic E-state index is -1.60. The molecule has 10 nitrogen and oxygen atoms in total. The standard InChI is InChI=1S/C53H96O10/c1-3-5-7-9-11-13-15-17-19-20-21-22-23-24-25-26-28-30-32-34-36-38-40-42-49(56)62-46(45-61-53-52(59)51(58)50(57)47(43-54)63-53)44-60-48(55)41-39-37-35-33-31-29-27-18-16-14-12-10-8-6-4-2/h4,26,28,34,36,46-47,50-54,57-59H,2-3,5-25,27,29-33,35,37-45H2,1H3/b28-26+,36-34+/t46-,47-,50+,51?,52?,53-/m1/s1. The van der Waals surface area contributed by atoms with Crippen molar-refractivity contribution in [3.8, 4) is 0 Å². The molecule has 1 aliphatic rings. The second-order valence-electron chi connectivity index (χ2n) is 18.0. The lowest BCUT2D eigenvalue weighted by Gasteiger charge is -2.39. The van der Waals surface area contributed by atoms with Crippen LogP contribution in [0.1, 0.15) is 232 Å². The molecule has 0 aromatic carbocycles. The number of hydrogen-bond acceptors (Lipinski definition) is 10. The molecular formula is C53H96O10. The maximum absolute atomic E-state index is 12.8. The fraction of sp³-hybridized carbons (Fsp3) is 0.849. The molecule has 0 radical (unpaired) electrons. The Labute approximate surface area is 385 Å². The van der Waals surface area contributed by atoms with Gasteiger partial charge in [-0.2, -0.15) is 0 Å². The normalized spacial score (nSPS) is 19.5. The number of carbonyl (C=O) groups excluding carboxylic acids is 2. The quantitative estimate of drug-likeness (QED) is 0.0264. The van der Waals surface area contributed by atoms with E-state index in [0.29, 0.717) is 6.42 Å². The SMILES string of the molecule is C=CCCCCCCCCCCCCCCCC(=O)OC[C@H](CO[C@@H]1O[C@H](CO)[C@H](O)C(O)C1O)OC(=O)CCC/C=C/CC/C=C/CCCCCCCCCCCCCCCC. The summed E-state index contributed by atoms with van der Waals surface area (Å²) in [6.07, 6.45) is 43.5. The average Bonchev–Trinajstić information content (AvgIpc) is 3.28. The van der Waals surface area contributed by atoms with Crippen molar-refractivity contribution in [2.45, 2.75) is 268 Å². The molecule has 0 saturated carbocycles. The number of hydrogen-bond donors (Lipinski definition) is 4. The van der Waals surface area contributed by atoms with Crippen molar-refractivity contribution in [3.05, 3.63) is 37.0 Å². The number of rotatable bonds is 45. The largest absolute Gasteiger partial charge is 0.462 e.